The molecule has 2 rings (SSSR count). The second-order valence-corrected chi connectivity index (χ2v) is 3.24. The Labute approximate surface area is 81.3 Å². The second kappa shape index (κ2) is 2.85. The van der Waals surface area contributed by atoms with Crippen LogP contribution in [0.1, 0.15) is 10.5 Å². The fourth-order valence-corrected chi connectivity index (χ4v) is 1.45. The van der Waals surface area contributed by atoms with E-state index < -0.39 is 5.97 Å². The first-order chi connectivity index (χ1) is 6.16. The Morgan fingerprint density at radius 2 is 2.31 bits per heavy atom. The molecule has 0 aliphatic rings. The molecule has 2 heterocycles. The standard InChI is InChI=1S/C8H4BrNO3/c9-7-2-4-1-5(8(11)12)10-3-6(4)13-7/h1-3H,(H,11,12). The summed E-state index contributed by atoms with van der Waals surface area (Å²) in [5.74, 6) is -1.04. The molecule has 66 valence electrons. The van der Waals surface area contributed by atoms with E-state index in [0.717, 1.165) is 5.39 Å². The molecule has 0 saturated carbocycles. The third-order valence-electron chi connectivity index (χ3n) is 1.59. The van der Waals surface area contributed by atoms with Crippen LogP contribution in [-0.2, 0) is 0 Å². The highest BCUT2D eigenvalue weighted by Crippen LogP contribution is 2.22. The number of furan rings is 1. The molecular weight excluding hydrogens is 238 g/mol. The minimum atomic E-state index is -1.04. The van der Waals surface area contributed by atoms with Crippen LogP contribution in [0.5, 0.6) is 0 Å². The number of fused-ring (bicyclic) bond motifs is 1. The first-order valence-electron chi connectivity index (χ1n) is 3.45. The summed E-state index contributed by atoms with van der Waals surface area (Å²) >= 11 is 3.14. The average Bonchev–Trinajstić information content (AvgIpc) is 2.42. The van der Waals surface area contributed by atoms with Gasteiger partial charge in [0.2, 0.25) is 0 Å². The summed E-state index contributed by atoms with van der Waals surface area (Å²) in [7, 11) is 0. The van der Waals surface area contributed by atoms with Gasteiger partial charge < -0.3 is 9.52 Å². The van der Waals surface area contributed by atoms with E-state index in [2.05, 4.69) is 20.9 Å². The predicted octanol–water partition coefficient (Wildman–Crippen LogP) is 2.29. The minimum Gasteiger partial charge on any atom is -0.477 e. The maximum atomic E-state index is 10.5. The molecule has 0 spiro atoms. The fourth-order valence-electron chi connectivity index (χ4n) is 1.03. The van der Waals surface area contributed by atoms with Gasteiger partial charge in [-0.2, -0.15) is 0 Å². The molecule has 0 amide bonds. The lowest BCUT2D eigenvalue weighted by atomic mass is 10.3. The van der Waals surface area contributed by atoms with Gasteiger partial charge in [0.15, 0.2) is 10.3 Å². The maximum Gasteiger partial charge on any atom is 0.354 e. The number of hydrogen-bond acceptors (Lipinski definition) is 3. The van der Waals surface area contributed by atoms with Gasteiger partial charge in [-0.25, -0.2) is 9.78 Å². The fraction of sp³-hybridized carbons (Fsp3) is 0. The molecule has 2 aromatic rings. The van der Waals surface area contributed by atoms with E-state index in [1.165, 1.54) is 12.3 Å². The summed E-state index contributed by atoms with van der Waals surface area (Å²) in [5, 5.41) is 9.37. The number of halogens is 1. The van der Waals surface area contributed by atoms with Gasteiger partial charge in [-0.05, 0) is 28.1 Å². The SMILES string of the molecule is O=C(O)c1cc2cc(Br)oc2cn1. The van der Waals surface area contributed by atoms with Crippen molar-refractivity contribution in [3.05, 3.63) is 28.7 Å². The molecule has 0 atom stereocenters. The lowest BCUT2D eigenvalue weighted by Gasteiger charge is -1.91. The van der Waals surface area contributed by atoms with Gasteiger partial charge in [0.1, 0.15) is 5.69 Å². The highest BCUT2D eigenvalue weighted by molar-refractivity contribution is 9.10. The van der Waals surface area contributed by atoms with Crippen LogP contribution >= 0.6 is 15.9 Å². The topological polar surface area (TPSA) is 63.3 Å². The Bertz CT molecular complexity index is 477. The van der Waals surface area contributed by atoms with Crippen molar-refractivity contribution in [2.75, 3.05) is 0 Å². The van der Waals surface area contributed by atoms with Crippen molar-refractivity contribution >= 4 is 32.9 Å². The van der Waals surface area contributed by atoms with Crippen molar-refractivity contribution in [2.24, 2.45) is 0 Å². The molecule has 0 unspecified atom stereocenters. The molecule has 5 heteroatoms. The van der Waals surface area contributed by atoms with Crippen LogP contribution < -0.4 is 0 Å². The zero-order chi connectivity index (χ0) is 9.42. The Morgan fingerprint density at radius 3 is 3.00 bits per heavy atom. The van der Waals surface area contributed by atoms with Crippen LogP contribution in [0.25, 0.3) is 11.0 Å². The molecule has 0 aromatic carbocycles. The molecule has 0 saturated heterocycles. The molecule has 2 aromatic heterocycles. The summed E-state index contributed by atoms with van der Waals surface area (Å²) in [4.78, 5) is 14.3. The third kappa shape index (κ3) is 1.42. The molecule has 0 fully saturated rings. The highest BCUT2D eigenvalue weighted by Gasteiger charge is 2.07. The average molecular weight is 242 g/mol. The van der Waals surface area contributed by atoms with E-state index in [-0.39, 0.29) is 5.69 Å². The predicted molar refractivity (Wildman–Crippen MR) is 48.7 cm³/mol. The van der Waals surface area contributed by atoms with Gasteiger partial charge in [-0.3, -0.25) is 0 Å². The van der Waals surface area contributed by atoms with Gasteiger partial charge >= 0.3 is 5.97 Å². The number of hydrogen-bond donors (Lipinski definition) is 1. The Morgan fingerprint density at radius 1 is 1.54 bits per heavy atom. The minimum absolute atomic E-state index is 0.0146. The van der Waals surface area contributed by atoms with E-state index in [4.69, 9.17) is 9.52 Å². The monoisotopic (exact) mass is 241 g/mol. The first kappa shape index (κ1) is 8.25. The quantitative estimate of drug-likeness (QED) is 0.833. The summed E-state index contributed by atoms with van der Waals surface area (Å²) in [6.45, 7) is 0. The van der Waals surface area contributed by atoms with Gasteiger partial charge in [0, 0.05) is 5.39 Å². The Hall–Kier alpha value is -1.36. The van der Waals surface area contributed by atoms with Crippen molar-refractivity contribution in [3.8, 4) is 0 Å². The molecule has 0 bridgehead atoms. The van der Waals surface area contributed by atoms with Crippen molar-refractivity contribution in [1.29, 1.82) is 0 Å². The maximum absolute atomic E-state index is 10.5. The van der Waals surface area contributed by atoms with Crippen LogP contribution in [0.3, 0.4) is 0 Å². The lowest BCUT2D eigenvalue weighted by Crippen LogP contribution is -1.98. The van der Waals surface area contributed by atoms with Gasteiger partial charge in [-0.15, -0.1) is 0 Å². The number of pyridine rings is 1. The van der Waals surface area contributed by atoms with Gasteiger partial charge in [-0.1, -0.05) is 0 Å². The van der Waals surface area contributed by atoms with Gasteiger partial charge in [0.25, 0.3) is 0 Å². The number of carbonyl (C=O) groups is 1. The second-order valence-electron chi connectivity index (χ2n) is 2.46. The number of rotatable bonds is 1. The zero-order valence-corrected chi connectivity index (χ0v) is 7.91. The zero-order valence-electron chi connectivity index (χ0n) is 6.32. The number of nitrogens with zero attached hydrogens (tertiary/aromatic N) is 1. The smallest absolute Gasteiger partial charge is 0.354 e. The van der Waals surface area contributed by atoms with E-state index in [0.29, 0.717) is 10.3 Å². The number of carboxylic acids is 1. The van der Waals surface area contributed by atoms with Crippen molar-refractivity contribution < 1.29 is 14.3 Å². The lowest BCUT2D eigenvalue weighted by molar-refractivity contribution is 0.0690. The highest BCUT2D eigenvalue weighted by atomic mass is 79.9. The molecule has 0 aliphatic carbocycles. The molecular formula is C8H4BrNO3. The molecule has 13 heavy (non-hydrogen) atoms. The van der Waals surface area contributed by atoms with Crippen LogP contribution in [0.4, 0.5) is 0 Å². The van der Waals surface area contributed by atoms with Crippen LogP contribution in [-0.4, -0.2) is 16.1 Å². The van der Waals surface area contributed by atoms with Crippen molar-refractivity contribution in [2.45, 2.75) is 0 Å². The van der Waals surface area contributed by atoms with E-state index >= 15 is 0 Å². The Kier molecular flexibility index (Phi) is 1.81. The molecule has 1 N–H and O–H groups in total. The summed E-state index contributed by atoms with van der Waals surface area (Å²) < 4.78 is 5.73. The summed E-state index contributed by atoms with van der Waals surface area (Å²) in [6, 6.07) is 3.16. The van der Waals surface area contributed by atoms with E-state index in [1.807, 2.05) is 0 Å². The normalized spacial score (nSPS) is 10.5. The van der Waals surface area contributed by atoms with Crippen molar-refractivity contribution in [1.82, 2.24) is 4.98 Å². The summed E-state index contributed by atoms with van der Waals surface area (Å²) in [5.41, 5.74) is 0.581. The van der Waals surface area contributed by atoms with Crippen molar-refractivity contribution in [3.63, 3.8) is 0 Å². The number of aromatic nitrogens is 1. The van der Waals surface area contributed by atoms with E-state index in [9.17, 15) is 4.79 Å². The van der Waals surface area contributed by atoms with E-state index in [1.54, 1.807) is 6.07 Å². The molecule has 4 nitrogen and oxygen atoms in total. The molecule has 0 radical (unpaired) electrons. The van der Waals surface area contributed by atoms with Crippen LogP contribution in [0.15, 0.2) is 27.4 Å². The largest absolute Gasteiger partial charge is 0.477 e. The first-order valence-corrected chi connectivity index (χ1v) is 4.24. The Balaban J connectivity index is 2.67. The van der Waals surface area contributed by atoms with Crippen LogP contribution in [0.2, 0.25) is 0 Å². The van der Waals surface area contributed by atoms with Crippen LogP contribution in [0, 0.1) is 0 Å². The molecule has 0 aliphatic heterocycles. The summed E-state index contributed by atoms with van der Waals surface area (Å²) in [6.07, 6.45) is 1.39. The number of aromatic carboxylic acids is 1. The van der Waals surface area contributed by atoms with Gasteiger partial charge in [0.05, 0.1) is 6.20 Å². The third-order valence-corrected chi connectivity index (χ3v) is 1.98. The number of carboxylic acid groups (broad SMARTS) is 1.